The predicted molar refractivity (Wildman–Crippen MR) is 88.3 cm³/mol. The van der Waals surface area contributed by atoms with Gasteiger partial charge in [0.25, 0.3) is 0 Å². The van der Waals surface area contributed by atoms with Crippen LogP contribution in [0.15, 0.2) is 28.7 Å². The maximum Gasteiger partial charge on any atom is 0.238 e. The highest BCUT2D eigenvalue weighted by Gasteiger charge is 2.43. The lowest BCUT2D eigenvalue weighted by atomic mass is 9.93. The number of anilines is 1. The normalized spacial score (nSPS) is 28.6. The van der Waals surface area contributed by atoms with Crippen LogP contribution in [0.4, 0.5) is 5.69 Å². The number of benzene rings is 1. The monoisotopic (exact) mass is 351 g/mol. The molecule has 3 rings (SSSR count). The van der Waals surface area contributed by atoms with Crippen LogP contribution >= 0.6 is 15.9 Å². The fraction of sp³-hybridized carbons (Fsp3) is 0.562. The summed E-state index contributed by atoms with van der Waals surface area (Å²) in [6.45, 7) is 5.98. The molecule has 2 aliphatic heterocycles. The molecular formula is C16H22BrN3O. The molecule has 0 radical (unpaired) electrons. The van der Waals surface area contributed by atoms with Crippen LogP contribution in [-0.4, -0.2) is 43.0 Å². The van der Waals surface area contributed by atoms with Gasteiger partial charge in [0, 0.05) is 22.7 Å². The van der Waals surface area contributed by atoms with E-state index in [0.29, 0.717) is 12.6 Å². The van der Waals surface area contributed by atoms with E-state index in [-0.39, 0.29) is 5.91 Å². The van der Waals surface area contributed by atoms with E-state index in [1.165, 1.54) is 0 Å². The Kier molecular flexibility index (Phi) is 4.62. The third kappa shape index (κ3) is 3.30. The van der Waals surface area contributed by atoms with Crippen molar-refractivity contribution in [2.45, 2.75) is 19.4 Å². The first-order valence-corrected chi connectivity index (χ1v) is 8.47. The van der Waals surface area contributed by atoms with Crippen LogP contribution in [-0.2, 0) is 4.79 Å². The van der Waals surface area contributed by atoms with Crippen molar-refractivity contribution < 1.29 is 4.79 Å². The number of rotatable bonds is 4. The smallest absolute Gasteiger partial charge is 0.238 e. The third-order valence-electron chi connectivity index (χ3n) is 4.72. The standard InChI is InChI=1S/C16H22BrN3O/c1-2-15-14-8-18-7-11(14)9-20(15)10-16(21)19-13-5-3-12(17)4-6-13/h3-6,11,14-15,18H,2,7-10H2,1H3,(H,19,21). The first-order chi connectivity index (χ1) is 10.2. The predicted octanol–water partition coefficient (Wildman–Crippen LogP) is 2.32. The van der Waals surface area contributed by atoms with E-state index in [2.05, 4.69) is 38.4 Å². The zero-order valence-electron chi connectivity index (χ0n) is 12.3. The summed E-state index contributed by atoms with van der Waals surface area (Å²) in [4.78, 5) is 14.6. The fourth-order valence-corrected chi connectivity index (χ4v) is 4.04. The fourth-order valence-electron chi connectivity index (χ4n) is 3.77. The molecule has 1 aromatic rings. The molecule has 2 saturated heterocycles. The number of nitrogens with one attached hydrogen (secondary N) is 2. The summed E-state index contributed by atoms with van der Waals surface area (Å²) in [7, 11) is 0. The quantitative estimate of drug-likeness (QED) is 0.874. The van der Waals surface area contributed by atoms with Gasteiger partial charge in [-0.2, -0.15) is 0 Å². The Morgan fingerprint density at radius 2 is 2.14 bits per heavy atom. The van der Waals surface area contributed by atoms with Crippen molar-refractivity contribution in [2.24, 2.45) is 11.8 Å². The lowest BCUT2D eigenvalue weighted by Gasteiger charge is -2.26. The second-order valence-corrected chi connectivity index (χ2v) is 6.96. The SMILES string of the molecule is CCC1C2CNCC2CN1CC(=O)Nc1ccc(Br)cc1. The van der Waals surface area contributed by atoms with E-state index in [1.54, 1.807) is 0 Å². The van der Waals surface area contributed by atoms with Crippen LogP contribution in [0.3, 0.4) is 0 Å². The van der Waals surface area contributed by atoms with Crippen LogP contribution in [0.2, 0.25) is 0 Å². The highest BCUT2D eigenvalue weighted by Crippen LogP contribution is 2.33. The molecule has 5 heteroatoms. The first kappa shape index (κ1) is 15.0. The number of likely N-dealkylation sites (tertiary alicyclic amines) is 1. The van der Waals surface area contributed by atoms with E-state index in [1.807, 2.05) is 24.3 Å². The van der Waals surface area contributed by atoms with Crippen molar-refractivity contribution in [2.75, 3.05) is 31.5 Å². The molecule has 2 aliphatic rings. The van der Waals surface area contributed by atoms with Crippen molar-refractivity contribution in [1.29, 1.82) is 0 Å². The number of carbonyl (C=O) groups is 1. The molecule has 4 nitrogen and oxygen atoms in total. The lowest BCUT2D eigenvalue weighted by Crippen LogP contribution is -2.40. The summed E-state index contributed by atoms with van der Waals surface area (Å²) in [5, 5.41) is 6.47. The summed E-state index contributed by atoms with van der Waals surface area (Å²) < 4.78 is 1.02. The van der Waals surface area contributed by atoms with Crippen LogP contribution in [0.1, 0.15) is 13.3 Å². The van der Waals surface area contributed by atoms with Gasteiger partial charge in [0.2, 0.25) is 5.91 Å². The van der Waals surface area contributed by atoms with Gasteiger partial charge >= 0.3 is 0 Å². The number of fused-ring (bicyclic) bond motifs is 1. The van der Waals surface area contributed by atoms with Gasteiger partial charge in [0.15, 0.2) is 0 Å². The summed E-state index contributed by atoms with van der Waals surface area (Å²) in [6.07, 6.45) is 1.12. The van der Waals surface area contributed by atoms with E-state index in [4.69, 9.17) is 0 Å². The Morgan fingerprint density at radius 1 is 1.38 bits per heavy atom. The molecule has 2 N–H and O–H groups in total. The summed E-state index contributed by atoms with van der Waals surface area (Å²) in [6, 6.07) is 8.26. The maximum atomic E-state index is 12.3. The topological polar surface area (TPSA) is 44.4 Å². The van der Waals surface area contributed by atoms with Gasteiger partial charge < -0.3 is 10.6 Å². The molecule has 2 fully saturated rings. The molecule has 0 aliphatic carbocycles. The van der Waals surface area contributed by atoms with Crippen LogP contribution in [0.25, 0.3) is 0 Å². The molecular weight excluding hydrogens is 330 g/mol. The molecule has 3 atom stereocenters. The minimum atomic E-state index is 0.0868. The molecule has 3 unspecified atom stereocenters. The van der Waals surface area contributed by atoms with Gasteiger partial charge in [-0.1, -0.05) is 22.9 Å². The average Bonchev–Trinajstić information content (AvgIpc) is 3.01. The van der Waals surface area contributed by atoms with Gasteiger partial charge in [-0.05, 0) is 55.6 Å². The Labute approximate surface area is 134 Å². The summed E-state index contributed by atoms with van der Waals surface area (Å²) in [5.74, 6) is 1.52. The Hall–Kier alpha value is -0.910. The zero-order valence-corrected chi connectivity index (χ0v) is 13.9. The molecule has 21 heavy (non-hydrogen) atoms. The van der Waals surface area contributed by atoms with Gasteiger partial charge in [-0.25, -0.2) is 0 Å². The van der Waals surface area contributed by atoms with E-state index >= 15 is 0 Å². The lowest BCUT2D eigenvalue weighted by molar-refractivity contribution is -0.117. The van der Waals surface area contributed by atoms with E-state index in [0.717, 1.165) is 48.1 Å². The minimum absolute atomic E-state index is 0.0868. The number of nitrogens with zero attached hydrogens (tertiary/aromatic N) is 1. The van der Waals surface area contributed by atoms with Crippen LogP contribution in [0.5, 0.6) is 0 Å². The number of carbonyl (C=O) groups excluding carboxylic acids is 1. The molecule has 0 bridgehead atoms. The largest absolute Gasteiger partial charge is 0.325 e. The molecule has 114 valence electrons. The van der Waals surface area contributed by atoms with Crippen LogP contribution < -0.4 is 10.6 Å². The average molecular weight is 352 g/mol. The highest BCUT2D eigenvalue weighted by molar-refractivity contribution is 9.10. The number of halogens is 1. The number of amides is 1. The van der Waals surface area contributed by atoms with Gasteiger partial charge in [0.05, 0.1) is 6.54 Å². The highest BCUT2D eigenvalue weighted by atomic mass is 79.9. The van der Waals surface area contributed by atoms with Crippen LogP contribution in [0, 0.1) is 11.8 Å². The van der Waals surface area contributed by atoms with Gasteiger partial charge in [0.1, 0.15) is 0 Å². The molecule has 1 amide bonds. The second kappa shape index (κ2) is 6.46. The van der Waals surface area contributed by atoms with Crippen molar-refractivity contribution >= 4 is 27.5 Å². The van der Waals surface area contributed by atoms with Gasteiger partial charge in [-0.3, -0.25) is 9.69 Å². The zero-order chi connectivity index (χ0) is 14.8. The minimum Gasteiger partial charge on any atom is -0.325 e. The van der Waals surface area contributed by atoms with E-state index < -0.39 is 0 Å². The molecule has 1 aromatic carbocycles. The van der Waals surface area contributed by atoms with Crippen molar-refractivity contribution in [3.05, 3.63) is 28.7 Å². The first-order valence-electron chi connectivity index (χ1n) is 7.67. The Bertz CT molecular complexity index is 505. The third-order valence-corrected chi connectivity index (χ3v) is 5.25. The van der Waals surface area contributed by atoms with Crippen molar-refractivity contribution in [1.82, 2.24) is 10.2 Å². The second-order valence-electron chi connectivity index (χ2n) is 6.04. The van der Waals surface area contributed by atoms with E-state index in [9.17, 15) is 4.79 Å². The molecule has 0 spiro atoms. The number of hydrogen-bond donors (Lipinski definition) is 2. The molecule has 0 saturated carbocycles. The van der Waals surface area contributed by atoms with Crippen molar-refractivity contribution in [3.8, 4) is 0 Å². The Morgan fingerprint density at radius 3 is 2.86 bits per heavy atom. The summed E-state index contributed by atoms with van der Waals surface area (Å²) in [5.41, 5.74) is 0.859. The van der Waals surface area contributed by atoms with Gasteiger partial charge in [-0.15, -0.1) is 0 Å². The van der Waals surface area contributed by atoms with Crippen molar-refractivity contribution in [3.63, 3.8) is 0 Å². The molecule has 0 aromatic heterocycles. The molecule has 2 heterocycles. The Balaban J connectivity index is 1.58. The summed E-state index contributed by atoms with van der Waals surface area (Å²) >= 11 is 3.40. The number of hydrogen-bond acceptors (Lipinski definition) is 3. The maximum absolute atomic E-state index is 12.3.